The van der Waals surface area contributed by atoms with Crippen molar-refractivity contribution in [3.63, 3.8) is 0 Å². The number of hydrogen-bond acceptors (Lipinski definition) is 5. The van der Waals surface area contributed by atoms with Crippen molar-refractivity contribution in [3.8, 4) is 0 Å². The summed E-state index contributed by atoms with van der Waals surface area (Å²) in [5, 5.41) is 8.16. The molecule has 2 rings (SSSR count). The molecule has 0 aromatic carbocycles. The van der Waals surface area contributed by atoms with Crippen molar-refractivity contribution in [2.24, 2.45) is 0 Å². The zero-order chi connectivity index (χ0) is 15.3. The summed E-state index contributed by atoms with van der Waals surface area (Å²) in [4.78, 5) is 12.0. The standard InChI is InChI=1S/C13H17NO5S2/c15-13(16)4-3-10-1-2-11(20-10)9-14-21(17,18)12-5-7-19-8-6-12/h1-4,12,14H,5-9H2,(H,15,16). The van der Waals surface area contributed by atoms with Crippen LogP contribution in [0.25, 0.3) is 6.08 Å². The maximum atomic E-state index is 12.1. The lowest BCUT2D eigenvalue weighted by Crippen LogP contribution is -2.37. The molecule has 0 spiro atoms. The Kier molecular flexibility index (Phi) is 5.51. The molecular formula is C13H17NO5S2. The van der Waals surface area contributed by atoms with Gasteiger partial charge in [-0.3, -0.25) is 0 Å². The molecule has 0 bridgehead atoms. The lowest BCUT2D eigenvalue weighted by atomic mass is 10.2. The van der Waals surface area contributed by atoms with Gasteiger partial charge in [-0.25, -0.2) is 17.9 Å². The molecule has 1 aromatic rings. The fourth-order valence-corrected chi connectivity index (χ4v) is 4.36. The van der Waals surface area contributed by atoms with E-state index >= 15 is 0 Å². The number of aliphatic carboxylic acids is 1. The number of nitrogens with one attached hydrogen (secondary N) is 1. The molecule has 2 heterocycles. The third-order valence-electron chi connectivity index (χ3n) is 3.13. The maximum absolute atomic E-state index is 12.1. The molecule has 0 amide bonds. The number of carboxylic acids is 1. The Morgan fingerprint density at radius 2 is 2.14 bits per heavy atom. The Morgan fingerprint density at radius 3 is 2.81 bits per heavy atom. The molecule has 21 heavy (non-hydrogen) atoms. The van der Waals surface area contributed by atoms with Crippen molar-refractivity contribution in [2.45, 2.75) is 24.6 Å². The highest BCUT2D eigenvalue weighted by Crippen LogP contribution is 2.19. The summed E-state index contributed by atoms with van der Waals surface area (Å²) in [6, 6.07) is 3.56. The minimum absolute atomic E-state index is 0.227. The summed E-state index contributed by atoms with van der Waals surface area (Å²) in [6.45, 7) is 1.19. The van der Waals surface area contributed by atoms with Gasteiger partial charge in [0, 0.05) is 35.6 Å². The summed E-state index contributed by atoms with van der Waals surface area (Å²) in [7, 11) is -3.33. The van der Waals surface area contributed by atoms with Crippen LogP contribution < -0.4 is 4.72 Å². The van der Waals surface area contributed by atoms with Crippen LogP contribution in [0.3, 0.4) is 0 Å². The molecule has 2 N–H and O–H groups in total. The summed E-state index contributed by atoms with van der Waals surface area (Å²) in [5.41, 5.74) is 0. The predicted molar refractivity (Wildman–Crippen MR) is 80.6 cm³/mol. The van der Waals surface area contributed by atoms with Gasteiger partial charge < -0.3 is 9.84 Å². The van der Waals surface area contributed by atoms with Crippen LogP contribution in [-0.2, 0) is 26.1 Å². The zero-order valence-corrected chi connectivity index (χ0v) is 13.0. The number of ether oxygens (including phenoxy) is 1. The van der Waals surface area contributed by atoms with Crippen molar-refractivity contribution in [1.29, 1.82) is 0 Å². The Labute approximate surface area is 127 Å². The summed E-state index contributed by atoms with van der Waals surface area (Å²) in [5.74, 6) is -1.01. The molecule has 0 atom stereocenters. The van der Waals surface area contributed by atoms with Gasteiger partial charge in [0.15, 0.2) is 0 Å². The molecule has 0 saturated carbocycles. The van der Waals surface area contributed by atoms with Gasteiger partial charge >= 0.3 is 5.97 Å². The second kappa shape index (κ2) is 7.17. The Balaban J connectivity index is 1.91. The quantitative estimate of drug-likeness (QED) is 0.770. The summed E-state index contributed by atoms with van der Waals surface area (Å²) < 4.78 is 32.0. The molecule has 1 saturated heterocycles. The number of carboxylic acid groups (broad SMARTS) is 1. The fraction of sp³-hybridized carbons (Fsp3) is 0.462. The molecule has 1 aliphatic rings. The molecule has 8 heteroatoms. The summed E-state index contributed by atoms with van der Waals surface area (Å²) in [6.07, 6.45) is 3.59. The van der Waals surface area contributed by atoms with Gasteiger partial charge in [0.2, 0.25) is 10.0 Å². The van der Waals surface area contributed by atoms with Gasteiger partial charge in [-0.1, -0.05) is 0 Å². The summed E-state index contributed by atoms with van der Waals surface area (Å²) >= 11 is 1.36. The average Bonchev–Trinajstić information content (AvgIpc) is 2.92. The predicted octanol–water partition coefficient (Wildman–Crippen LogP) is 1.44. The van der Waals surface area contributed by atoms with Crippen LogP contribution >= 0.6 is 11.3 Å². The van der Waals surface area contributed by atoms with E-state index in [1.54, 1.807) is 12.1 Å². The van der Waals surface area contributed by atoms with Crippen LogP contribution in [0.2, 0.25) is 0 Å². The molecule has 1 fully saturated rings. The van der Waals surface area contributed by atoms with E-state index in [0.29, 0.717) is 26.1 Å². The van der Waals surface area contributed by atoms with E-state index in [-0.39, 0.29) is 6.54 Å². The van der Waals surface area contributed by atoms with E-state index in [0.717, 1.165) is 15.8 Å². The first-order valence-corrected chi connectivity index (χ1v) is 8.89. The van der Waals surface area contributed by atoms with E-state index in [2.05, 4.69) is 4.72 Å². The SMILES string of the molecule is O=C(O)C=Cc1ccc(CNS(=O)(=O)C2CCOCC2)s1. The van der Waals surface area contributed by atoms with Crippen molar-refractivity contribution in [1.82, 2.24) is 4.72 Å². The number of hydrogen-bond donors (Lipinski definition) is 2. The molecule has 0 unspecified atom stereocenters. The third-order valence-corrected chi connectivity index (χ3v) is 6.07. The zero-order valence-electron chi connectivity index (χ0n) is 11.3. The molecule has 6 nitrogen and oxygen atoms in total. The van der Waals surface area contributed by atoms with Crippen LogP contribution in [0.5, 0.6) is 0 Å². The number of rotatable bonds is 6. The minimum atomic E-state index is -3.33. The highest BCUT2D eigenvalue weighted by Gasteiger charge is 2.27. The van der Waals surface area contributed by atoms with Crippen molar-refractivity contribution in [3.05, 3.63) is 28.0 Å². The molecule has 0 radical (unpaired) electrons. The Morgan fingerprint density at radius 1 is 1.43 bits per heavy atom. The van der Waals surface area contributed by atoms with E-state index in [4.69, 9.17) is 9.84 Å². The first-order valence-electron chi connectivity index (χ1n) is 6.53. The van der Waals surface area contributed by atoms with E-state index in [1.807, 2.05) is 0 Å². The highest BCUT2D eigenvalue weighted by molar-refractivity contribution is 7.90. The molecular weight excluding hydrogens is 314 g/mol. The molecule has 1 aromatic heterocycles. The van der Waals surface area contributed by atoms with E-state index in [9.17, 15) is 13.2 Å². The van der Waals surface area contributed by atoms with Crippen molar-refractivity contribution >= 4 is 33.4 Å². The normalized spacial score (nSPS) is 17.3. The van der Waals surface area contributed by atoms with Gasteiger partial charge in [-0.05, 0) is 31.1 Å². The van der Waals surface area contributed by atoms with Gasteiger partial charge in [-0.2, -0.15) is 0 Å². The monoisotopic (exact) mass is 331 g/mol. The lowest BCUT2D eigenvalue weighted by molar-refractivity contribution is -0.131. The first-order chi connectivity index (χ1) is 9.97. The van der Waals surface area contributed by atoms with Crippen LogP contribution in [0.4, 0.5) is 0 Å². The van der Waals surface area contributed by atoms with Gasteiger partial charge in [-0.15, -0.1) is 11.3 Å². The number of thiophene rings is 1. The largest absolute Gasteiger partial charge is 0.478 e. The number of carbonyl (C=O) groups is 1. The highest BCUT2D eigenvalue weighted by atomic mass is 32.2. The minimum Gasteiger partial charge on any atom is -0.478 e. The van der Waals surface area contributed by atoms with Gasteiger partial charge in [0.1, 0.15) is 0 Å². The number of sulfonamides is 1. The lowest BCUT2D eigenvalue weighted by Gasteiger charge is -2.22. The van der Waals surface area contributed by atoms with Crippen LogP contribution in [0, 0.1) is 0 Å². The maximum Gasteiger partial charge on any atom is 0.328 e. The second-order valence-electron chi connectivity index (χ2n) is 4.65. The van der Waals surface area contributed by atoms with Gasteiger partial charge in [0.25, 0.3) is 0 Å². The van der Waals surface area contributed by atoms with E-state index < -0.39 is 21.2 Å². The van der Waals surface area contributed by atoms with E-state index in [1.165, 1.54) is 17.4 Å². The third kappa shape index (κ3) is 4.92. The molecule has 1 aliphatic heterocycles. The van der Waals surface area contributed by atoms with Crippen LogP contribution in [0.15, 0.2) is 18.2 Å². The van der Waals surface area contributed by atoms with Gasteiger partial charge in [0.05, 0.1) is 5.25 Å². The molecule has 0 aliphatic carbocycles. The Hall–Kier alpha value is -1.22. The topological polar surface area (TPSA) is 92.7 Å². The average molecular weight is 331 g/mol. The second-order valence-corrected chi connectivity index (χ2v) is 7.90. The molecule has 116 valence electrons. The van der Waals surface area contributed by atoms with Crippen molar-refractivity contribution in [2.75, 3.05) is 13.2 Å². The Bertz CT molecular complexity index is 614. The van der Waals surface area contributed by atoms with Crippen LogP contribution in [0.1, 0.15) is 22.6 Å². The first kappa shape index (κ1) is 16.2. The van der Waals surface area contributed by atoms with Crippen molar-refractivity contribution < 1.29 is 23.1 Å². The fourth-order valence-electron chi connectivity index (χ4n) is 2.01. The smallest absolute Gasteiger partial charge is 0.328 e. The van der Waals surface area contributed by atoms with Crippen LogP contribution in [-0.4, -0.2) is 38.0 Å².